The van der Waals surface area contributed by atoms with E-state index < -0.39 is 27.5 Å². The van der Waals surface area contributed by atoms with Crippen LogP contribution in [-0.2, 0) is 28.6 Å². The molecule has 21 heavy (non-hydrogen) atoms. The second-order valence-electron chi connectivity index (χ2n) is 4.30. The largest absolute Gasteiger partial charge is 0.463 e. The van der Waals surface area contributed by atoms with Gasteiger partial charge in [-0.1, -0.05) is 11.6 Å². The Morgan fingerprint density at radius 3 is 2.19 bits per heavy atom. The van der Waals surface area contributed by atoms with Crippen LogP contribution in [-0.4, -0.2) is 32.4 Å². The van der Waals surface area contributed by atoms with E-state index in [9.17, 15) is 18.0 Å². The zero-order chi connectivity index (χ0) is 16.3. The maximum atomic E-state index is 12.1. The summed E-state index contributed by atoms with van der Waals surface area (Å²) in [5.74, 6) is -1.84. The first-order valence-corrected chi connectivity index (χ1v) is 7.81. The normalized spacial score (nSPS) is 14.3. The standard InChI is InChI=1S/C13H15ClO6S/c1-4-19-12(16)13(3,9(2)15)20-21(17,18)11-7-5-10(14)6-8-11/h5-8H,4H2,1-3H3/t13-/m0/s1. The summed E-state index contributed by atoms with van der Waals surface area (Å²) in [5.41, 5.74) is -2.23. The number of carbonyl (C=O) groups is 2. The molecule has 0 radical (unpaired) electrons. The van der Waals surface area contributed by atoms with Gasteiger partial charge in [-0.15, -0.1) is 0 Å². The highest BCUT2D eigenvalue weighted by molar-refractivity contribution is 7.86. The molecule has 0 unspecified atom stereocenters. The topological polar surface area (TPSA) is 86.7 Å². The lowest BCUT2D eigenvalue weighted by Gasteiger charge is -2.23. The minimum atomic E-state index is -4.32. The molecule has 0 saturated carbocycles. The van der Waals surface area contributed by atoms with Crippen LogP contribution in [0.2, 0.25) is 5.02 Å². The maximum Gasteiger partial charge on any atom is 0.347 e. The second-order valence-corrected chi connectivity index (χ2v) is 6.28. The number of carbonyl (C=O) groups excluding carboxylic acids is 2. The van der Waals surface area contributed by atoms with Gasteiger partial charge in [0.25, 0.3) is 10.1 Å². The third-order valence-electron chi connectivity index (χ3n) is 2.72. The van der Waals surface area contributed by atoms with Crippen LogP contribution in [0.4, 0.5) is 0 Å². The van der Waals surface area contributed by atoms with Crippen LogP contribution in [0, 0.1) is 0 Å². The highest BCUT2D eigenvalue weighted by Crippen LogP contribution is 2.24. The number of rotatable bonds is 6. The molecular weight excluding hydrogens is 320 g/mol. The van der Waals surface area contributed by atoms with Crippen molar-refractivity contribution in [2.45, 2.75) is 31.3 Å². The first-order valence-electron chi connectivity index (χ1n) is 6.03. The van der Waals surface area contributed by atoms with Gasteiger partial charge in [-0.25, -0.2) is 8.98 Å². The van der Waals surface area contributed by atoms with Crippen LogP contribution in [0.1, 0.15) is 20.8 Å². The quantitative estimate of drug-likeness (QED) is 0.449. The van der Waals surface area contributed by atoms with Crippen molar-refractivity contribution in [2.75, 3.05) is 6.61 Å². The molecular formula is C13H15ClO6S. The molecule has 8 heteroatoms. The van der Waals surface area contributed by atoms with Crippen molar-refractivity contribution < 1.29 is 26.9 Å². The van der Waals surface area contributed by atoms with Gasteiger partial charge >= 0.3 is 5.97 Å². The van der Waals surface area contributed by atoms with Crippen molar-refractivity contribution in [1.82, 2.24) is 0 Å². The highest BCUT2D eigenvalue weighted by atomic mass is 35.5. The molecule has 0 fully saturated rings. The molecule has 0 heterocycles. The number of ether oxygens (including phenoxy) is 1. The Morgan fingerprint density at radius 2 is 1.76 bits per heavy atom. The van der Waals surface area contributed by atoms with Crippen LogP contribution < -0.4 is 0 Å². The van der Waals surface area contributed by atoms with Crippen LogP contribution >= 0.6 is 11.6 Å². The van der Waals surface area contributed by atoms with Crippen molar-refractivity contribution in [3.05, 3.63) is 29.3 Å². The minimum absolute atomic E-state index is 0.00788. The molecule has 0 spiro atoms. The summed E-state index contributed by atoms with van der Waals surface area (Å²) < 4.78 is 33.8. The first kappa shape index (κ1) is 17.6. The van der Waals surface area contributed by atoms with Gasteiger partial charge in [-0.3, -0.25) is 4.79 Å². The fourth-order valence-corrected chi connectivity index (χ4v) is 2.69. The molecule has 0 aromatic heterocycles. The molecule has 6 nitrogen and oxygen atoms in total. The number of ketones is 1. The Hall–Kier alpha value is -1.44. The summed E-state index contributed by atoms with van der Waals surface area (Å²) in [4.78, 5) is 23.2. The summed E-state index contributed by atoms with van der Waals surface area (Å²) in [6.45, 7) is 3.63. The first-order chi connectivity index (χ1) is 9.63. The predicted octanol–water partition coefficient (Wildman–Crippen LogP) is 1.96. The van der Waals surface area contributed by atoms with E-state index in [-0.39, 0.29) is 11.5 Å². The molecule has 116 valence electrons. The van der Waals surface area contributed by atoms with Crippen molar-refractivity contribution >= 4 is 33.5 Å². The predicted molar refractivity (Wildman–Crippen MR) is 75.4 cm³/mol. The number of hydrogen-bond acceptors (Lipinski definition) is 6. The van der Waals surface area contributed by atoms with Gasteiger partial charge in [-0.2, -0.15) is 8.42 Å². The summed E-state index contributed by atoms with van der Waals surface area (Å²) in [6, 6.07) is 5.13. The van der Waals surface area contributed by atoms with Crippen LogP contribution in [0.25, 0.3) is 0 Å². The van der Waals surface area contributed by atoms with Gasteiger partial charge in [0.2, 0.25) is 5.60 Å². The number of esters is 1. The lowest BCUT2D eigenvalue weighted by atomic mass is 10.0. The molecule has 0 aliphatic heterocycles. The van der Waals surface area contributed by atoms with Crippen molar-refractivity contribution in [2.24, 2.45) is 0 Å². The van der Waals surface area contributed by atoms with Gasteiger partial charge in [0, 0.05) is 5.02 Å². The zero-order valence-electron chi connectivity index (χ0n) is 11.8. The highest BCUT2D eigenvalue weighted by Gasteiger charge is 2.46. The van der Waals surface area contributed by atoms with Crippen LogP contribution in [0.15, 0.2) is 29.2 Å². The number of halogens is 1. The molecule has 1 atom stereocenters. The summed E-state index contributed by atoms with van der Waals surface area (Å²) in [6.07, 6.45) is 0. The van der Waals surface area contributed by atoms with E-state index in [0.29, 0.717) is 5.02 Å². The van der Waals surface area contributed by atoms with Gasteiger partial charge in [0.15, 0.2) is 5.78 Å². The van der Waals surface area contributed by atoms with E-state index in [4.69, 9.17) is 20.5 Å². The molecule has 0 saturated heterocycles. The minimum Gasteiger partial charge on any atom is -0.463 e. The SMILES string of the molecule is CCOC(=O)[C@@](C)(OS(=O)(=O)c1ccc(Cl)cc1)C(C)=O. The third-order valence-corrected chi connectivity index (χ3v) is 4.37. The molecule has 0 amide bonds. The van der Waals surface area contributed by atoms with Crippen molar-refractivity contribution in [3.63, 3.8) is 0 Å². The molecule has 0 aliphatic carbocycles. The Morgan fingerprint density at radius 1 is 1.24 bits per heavy atom. The number of benzene rings is 1. The Balaban J connectivity index is 3.17. The molecule has 0 bridgehead atoms. The summed E-state index contributed by atoms with van der Waals surface area (Å²) in [5, 5.41) is 0.341. The molecule has 1 aromatic carbocycles. The van der Waals surface area contributed by atoms with E-state index >= 15 is 0 Å². The van der Waals surface area contributed by atoms with Crippen molar-refractivity contribution in [3.8, 4) is 0 Å². The summed E-state index contributed by atoms with van der Waals surface area (Å²) in [7, 11) is -4.32. The lowest BCUT2D eigenvalue weighted by Crippen LogP contribution is -2.47. The number of hydrogen-bond donors (Lipinski definition) is 0. The van der Waals surface area contributed by atoms with E-state index in [1.165, 1.54) is 31.2 Å². The van der Waals surface area contributed by atoms with Gasteiger partial charge in [-0.05, 0) is 45.0 Å². The maximum absolute atomic E-state index is 12.1. The van der Waals surface area contributed by atoms with Crippen LogP contribution in [0.3, 0.4) is 0 Å². The Kier molecular flexibility index (Phi) is 5.49. The average molecular weight is 335 g/mol. The Labute approximate surface area is 128 Å². The molecule has 0 aliphatic rings. The average Bonchev–Trinajstić information content (AvgIpc) is 2.38. The van der Waals surface area contributed by atoms with Crippen molar-refractivity contribution in [1.29, 1.82) is 0 Å². The van der Waals surface area contributed by atoms with E-state index in [0.717, 1.165) is 13.8 Å². The third kappa shape index (κ3) is 4.03. The molecule has 0 N–H and O–H groups in total. The monoisotopic (exact) mass is 334 g/mol. The van der Waals surface area contributed by atoms with E-state index in [2.05, 4.69) is 0 Å². The van der Waals surface area contributed by atoms with E-state index in [1.54, 1.807) is 0 Å². The second kappa shape index (κ2) is 6.55. The Bertz CT molecular complexity index is 637. The number of Topliss-reactive ketones (excluding diaryl/α,β-unsaturated/α-hetero) is 1. The fourth-order valence-electron chi connectivity index (χ4n) is 1.37. The smallest absolute Gasteiger partial charge is 0.347 e. The van der Waals surface area contributed by atoms with Gasteiger partial charge < -0.3 is 4.74 Å². The fraction of sp³-hybridized carbons (Fsp3) is 0.385. The molecule has 1 aromatic rings. The van der Waals surface area contributed by atoms with Crippen LogP contribution in [0.5, 0.6) is 0 Å². The van der Waals surface area contributed by atoms with Gasteiger partial charge in [0.05, 0.1) is 11.5 Å². The lowest BCUT2D eigenvalue weighted by molar-refractivity contribution is -0.164. The molecule has 1 rings (SSSR count). The summed E-state index contributed by atoms with van der Waals surface area (Å²) >= 11 is 5.67. The van der Waals surface area contributed by atoms with E-state index in [1.807, 2.05) is 0 Å². The zero-order valence-corrected chi connectivity index (χ0v) is 13.3. The van der Waals surface area contributed by atoms with Gasteiger partial charge in [0.1, 0.15) is 0 Å².